The Morgan fingerprint density at radius 1 is 0.188 bits per heavy atom. The zero-order valence-electron chi connectivity index (χ0n) is 74.1. The summed E-state index contributed by atoms with van der Waals surface area (Å²) < 4.78 is 69.8. The molecule has 0 fully saturated rings. The molecule has 0 atom stereocenters. The molecule has 0 aliphatic heterocycles. The fraction of sp³-hybridized carbons (Fsp3) is 0.0661. The van der Waals surface area contributed by atoms with Crippen molar-refractivity contribution < 1.29 is 46.4 Å². The summed E-state index contributed by atoms with van der Waals surface area (Å²) in [6.07, 6.45) is 0. The van der Waals surface area contributed by atoms with E-state index >= 15 is 0 Å². The van der Waals surface area contributed by atoms with Gasteiger partial charge in [0.1, 0.15) is 135 Å². The second kappa shape index (κ2) is 34.4. The van der Waals surface area contributed by atoms with Gasteiger partial charge in [0, 0.05) is 35.6 Å². The lowest BCUT2D eigenvalue weighted by Crippen LogP contribution is -2.29. The Labute approximate surface area is 768 Å². The Balaban J connectivity index is 1.06. The van der Waals surface area contributed by atoms with Crippen molar-refractivity contribution in [1.82, 2.24) is 9.13 Å². The maximum absolute atomic E-state index is 7.64. The van der Waals surface area contributed by atoms with Gasteiger partial charge < -0.3 is 47.0 Å². The standard InChI is InChI=1S/C121H90N4O8/c1-120(2,3)80-71-75-82(76-72-80)122-98-59-35-67-106(130-88-47-23-11-24-48-88)114(98)118(115-99(122)60-36-68-107(115)131-89-49-25-12-26-50-89)124-94-55-31-63-102(126-84-39-15-7-16-40-84)110(94)92(111-95(124)56-32-64-103(111)127-85-41-17-8-18-42-85)79-93-112-96(57-33-65-104(112)128-86-43-19-9-20-44-86)125(97-58-34-66-105(113(93)97)129-87-45-21-10-22-46-87)119-116-100(61-37-69-108(116)132-90-51-27-13-28-52-90)123(83-77-73-81(74-78-83)121(4,5)6)101-62-38-70-109(117(101)119)133-91-53-29-14-30-54-91/h7-78H,1-6H3/q+2. The molecule has 4 aromatic heterocycles. The minimum Gasteiger partial charge on any atom is -0.456 e. The number of pyridine rings is 4. The van der Waals surface area contributed by atoms with Gasteiger partial charge in [-0.3, -0.25) is 0 Å². The Hall–Kier alpha value is -17.2. The Morgan fingerprint density at radius 2 is 0.368 bits per heavy atom. The van der Waals surface area contributed by atoms with Crippen LogP contribution in [-0.4, -0.2) is 9.13 Å². The Kier molecular flexibility index (Phi) is 21.1. The van der Waals surface area contributed by atoms with Gasteiger partial charge in [-0.25, -0.2) is 0 Å². The zero-order valence-corrected chi connectivity index (χ0v) is 74.1. The molecule has 0 unspecified atom stereocenters. The molecule has 640 valence electrons. The highest BCUT2D eigenvalue weighted by Crippen LogP contribution is 2.46. The van der Waals surface area contributed by atoms with Crippen molar-refractivity contribution in [1.29, 1.82) is 0 Å². The molecule has 22 aromatic rings. The molecule has 4 heterocycles. The number of benzene rings is 18. The summed E-state index contributed by atoms with van der Waals surface area (Å²) in [7, 11) is 0. The second-order valence-corrected chi connectivity index (χ2v) is 35.0. The first-order valence-corrected chi connectivity index (χ1v) is 44.8. The minimum atomic E-state index is -0.140. The average Bonchev–Trinajstić information content (AvgIpc) is 0.694. The van der Waals surface area contributed by atoms with Crippen LogP contribution in [0.2, 0.25) is 0 Å². The number of aromatic nitrogens is 4. The number of hydrogen-bond acceptors (Lipinski definition) is 8. The number of rotatable bonds is 18. The van der Waals surface area contributed by atoms with E-state index in [1.165, 1.54) is 11.1 Å². The van der Waals surface area contributed by atoms with E-state index < -0.39 is 0 Å². The van der Waals surface area contributed by atoms with Gasteiger partial charge in [0.15, 0.2) is 0 Å². The van der Waals surface area contributed by atoms with Crippen LogP contribution >= 0.6 is 0 Å². The summed E-state index contributed by atoms with van der Waals surface area (Å²) in [6.45, 7) is 13.5. The van der Waals surface area contributed by atoms with Crippen molar-refractivity contribution in [3.05, 3.63) is 469 Å². The van der Waals surface area contributed by atoms with Crippen LogP contribution in [0.5, 0.6) is 92.0 Å². The third-order valence-electron chi connectivity index (χ3n) is 24.4. The summed E-state index contributed by atoms with van der Waals surface area (Å²) >= 11 is 0. The van der Waals surface area contributed by atoms with Crippen LogP contribution in [-0.2, 0) is 10.8 Å². The van der Waals surface area contributed by atoms with Gasteiger partial charge in [0.05, 0.1) is 32.5 Å². The largest absolute Gasteiger partial charge is 0.456 e. The first-order valence-electron chi connectivity index (χ1n) is 44.8. The monoisotopic (exact) mass is 1730 g/mol. The van der Waals surface area contributed by atoms with Crippen molar-refractivity contribution in [3.8, 4) is 103 Å². The van der Waals surface area contributed by atoms with E-state index in [0.717, 1.165) is 65.7 Å². The molecule has 133 heavy (non-hydrogen) atoms. The lowest BCUT2D eigenvalue weighted by molar-refractivity contribution is -0.447. The number of hydrogen-bond donors (Lipinski definition) is 0. The van der Waals surface area contributed by atoms with Gasteiger partial charge >= 0.3 is 0 Å². The maximum atomic E-state index is 7.64. The number of para-hydroxylation sites is 8. The summed E-state index contributed by atoms with van der Waals surface area (Å²) in [5.74, 6) is 9.25. The van der Waals surface area contributed by atoms with Crippen LogP contribution < -0.4 is 56.8 Å². The topological polar surface area (TPSA) is 95.5 Å². The van der Waals surface area contributed by atoms with E-state index in [9.17, 15) is 0 Å². The van der Waals surface area contributed by atoms with Crippen molar-refractivity contribution in [2.45, 2.75) is 52.4 Å². The van der Waals surface area contributed by atoms with Crippen LogP contribution in [0.1, 0.15) is 52.7 Å². The van der Waals surface area contributed by atoms with Gasteiger partial charge in [0.2, 0.25) is 32.8 Å². The molecular formula is C121H90N4O8+2. The molecule has 0 bridgehead atoms. The lowest BCUT2D eigenvalue weighted by atomic mass is 9.87. The van der Waals surface area contributed by atoms with Crippen molar-refractivity contribution in [2.75, 3.05) is 0 Å². The molecule has 0 aliphatic carbocycles. The number of nitrogens with zero attached hydrogens (tertiary/aromatic N) is 4. The molecule has 0 saturated heterocycles. The minimum absolute atomic E-state index is 0.140. The molecule has 0 saturated carbocycles. The average molecular weight is 1730 g/mol. The van der Waals surface area contributed by atoms with E-state index in [0.29, 0.717) is 146 Å². The summed E-state index contributed by atoms with van der Waals surface area (Å²) in [6, 6.07) is 148. The molecule has 0 amide bonds. The molecule has 0 aliphatic rings. The molecule has 22 rings (SSSR count). The molecule has 12 nitrogen and oxygen atoms in total. The predicted octanol–water partition coefficient (Wildman–Crippen LogP) is 29.9. The van der Waals surface area contributed by atoms with Crippen LogP contribution in [0.3, 0.4) is 0 Å². The van der Waals surface area contributed by atoms with Gasteiger partial charge in [-0.15, -0.1) is 5.73 Å². The summed E-state index contributed by atoms with van der Waals surface area (Å²) in [5.41, 5.74) is 14.7. The van der Waals surface area contributed by atoms with Gasteiger partial charge in [-0.2, -0.15) is 8.49 Å². The van der Waals surface area contributed by atoms with E-state index in [1.807, 2.05) is 267 Å². The highest BCUT2D eigenvalue weighted by Gasteiger charge is 2.33. The molecule has 0 N–H and O–H groups in total. The van der Waals surface area contributed by atoms with E-state index in [1.54, 1.807) is 0 Å². The van der Waals surface area contributed by atoms with Crippen LogP contribution in [0.25, 0.3) is 104 Å². The predicted molar refractivity (Wildman–Crippen MR) is 533 cm³/mol. The fourth-order valence-corrected chi connectivity index (χ4v) is 18.3. The van der Waals surface area contributed by atoms with Crippen molar-refractivity contribution >= 4 is 93.0 Å². The van der Waals surface area contributed by atoms with Crippen LogP contribution in [0.15, 0.2) is 437 Å². The maximum Gasteiger partial charge on any atom is 0.238 e. The van der Waals surface area contributed by atoms with Crippen molar-refractivity contribution in [3.63, 3.8) is 0 Å². The SMILES string of the molecule is CC(C)(C)c1ccc(-n2c3cccc(Oc4ccccc4)c3c(=[n+]3c4cccc(Oc5ccccc5)c4c(=C=c4c5c(Oc6ccccc6)cccc5[n+](=c5c6c(Oc7ccccc7)cccc6n(-c6ccc(C(C)(C)C)cc6)c6cccc(Oc7ccccc7)c56)c5cccc(Oc6ccccc6)c45)c4c(Oc5ccccc5)cccc43)c3c(Oc4ccccc4)cccc32)cc1. The smallest absolute Gasteiger partial charge is 0.238 e. The van der Waals surface area contributed by atoms with Crippen molar-refractivity contribution in [2.24, 2.45) is 0 Å². The van der Waals surface area contributed by atoms with Gasteiger partial charge in [-0.1, -0.05) is 260 Å². The Morgan fingerprint density at radius 3 is 0.556 bits per heavy atom. The highest BCUT2D eigenvalue weighted by molar-refractivity contribution is 6.06. The van der Waals surface area contributed by atoms with E-state index in [4.69, 9.17) is 37.9 Å². The van der Waals surface area contributed by atoms with E-state index in [2.05, 4.69) is 235 Å². The quantitative estimate of drug-likeness (QED) is 0.0619. The molecule has 0 radical (unpaired) electrons. The Bertz CT molecular complexity index is 7700. The van der Waals surface area contributed by atoms with Crippen LogP contribution in [0.4, 0.5) is 0 Å². The van der Waals surface area contributed by atoms with Gasteiger partial charge in [-0.05, 0) is 216 Å². The zero-order chi connectivity index (χ0) is 89.7. The highest BCUT2D eigenvalue weighted by atomic mass is 16.5. The molecular weight excluding hydrogens is 1640 g/mol. The third-order valence-corrected chi connectivity index (χ3v) is 24.4. The normalized spacial score (nSPS) is 11.7. The molecule has 18 aromatic carbocycles. The molecule has 12 heteroatoms. The first-order chi connectivity index (χ1) is 65.3. The second-order valence-electron chi connectivity index (χ2n) is 35.0. The van der Waals surface area contributed by atoms with Gasteiger partial charge in [0.25, 0.3) is 0 Å². The lowest BCUT2D eigenvalue weighted by Gasteiger charge is -2.22. The molecule has 0 spiro atoms. The summed E-state index contributed by atoms with van der Waals surface area (Å²) in [4.78, 5) is 0. The first kappa shape index (κ1) is 81.6. The van der Waals surface area contributed by atoms with Crippen LogP contribution in [0, 0.1) is 10.7 Å². The fourth-order valence-electron chi connectivity index (χ4n) is 18.3. The third kappa shape index (κ3) is 15.5. The summed E-state index contributed by atoms with van der Waals surface area (Å²) in [5, 5.41) is 8.26. The number of ether oxygens (including phenoxy) is 8. The number of fused-ring (bicyclic) bond motifs is 8. The van der Waals surface area contributed by atoms with E-state index in [-0.39, 0.29) is 10.8 Å².